The summed E-state index contributed by atoms with van der Waals surface area (Å²) in [5, 5.41) is 3.37. The average molecular weight is 235 g/mol. The van der Waals surface area contributed by atoms with Gasteiger partial charge in [-0.25, -0.2) is 0 Å². The number of nitrogens with one attached hydrogen (secondary N) is 1. The van der Waals surface area contributed by atoms with Gasteiger partial charge >= 0.3 is 0 Å². The molecule has 0 bridgehead atoms. The van der Waals surface area contributed by atoms with Crippen LogP contribution in [0.2, 0.25) is 0 Å². The van der Waals surface area contributed by atoms with E-state index in [1.807, 2.05) is 0 Å². The first-order valence-electron chi connectivity index (χ1n) is 6.60. The molecule has 0 fully saturated rings. The lowest BCUT2D eigenvalue weighted by Gasteiger charge is -2.17. The molecule has 1 aromatic rings. The van der Waals surface area contributed by atoms with Crippen molar-refractivity contribution < 1.29 is 4.74 Å². The zero-order valence-electron chi connectivity index (χ0n) is 11.5. The molecule has 0 heterocycles. The zero-order valence-corrected chi connectivity index (χ0v) is 11.5. The van der Waals surface area contributed by atoms with E-state index in [1.165, 1.54) is 12.0 Å². The highest BCUT2D eigenvalue weighted by atomic mass is 16.5. The van der Waals surface area contributed by atoms with Gasteiger partial charge in [-0.1, -0.05) is 39.3 Å². The molecule has 1 atom stereocenters. The second kappa shape index (κ2) is 7.33. The minimum atomic E-state index is 0.203. The molecule has 0 aliphatic carbocycles. The Morgan fingerprint density at radius 3 is 2.29 bits per heavy atom. The summed E-state index contributed by atoms with van der Waals surface area (Å²) >= 11 is 0. The van der Waals surface area contributed by atoms with Gasteiger partial charge in [0.15, 0.2) is 0 Å². The van der Waals surface area contributed by atoms with Crippen LogP contribution < -0.4 is 10.1 Å². The monoisotopic (exact) mass is 235 g/mol. The van der Waals surface area contributed by atoms with Crippen molar-refractivity contribution in [1.29, 1.82) is 0 Å². The predicted molar refractivity (Wildman–Crippen MR) is 73.7 cm³/mol. The van der Waals surface area contributed by atoms with Crippen LogP contribution in [0.1, 0.15) is 39.7 Å². The molecule has 1 unspecified atom stereocenters. The van der Waals surface area contributed by atoms with Crippen molar-refractivity contribution in [2.75, 3.05) is 6.54 Å². The van der Waals surface area contributed by atoms with Crippen LogP contribution in [0, 0.1) is 0 Å². The fourth-order valence-corrected chi connectivity index (χ4v) is 1.70. The fourth-order valence-electron chi connectivity index (χ4n) is 1.70. The van der Waals surface area contributed by atoms with Crippen molar-refractivity contribution in [2.24, 2.45) is 0 Å². The SMILES string of the molecule is CCCc1ccc(OC(C)CNC(C)C)cc1. The Morgan fingerprint density at radius 2 is 1.76 bits per heavy atom. The molecular weight excluding hydrogens is 210 g/mol. The molecular formula is C15H25NO. The van der Waals surface area contributed by atoms with Crippen molar-refractivity contribution in [2.45, 2.75) is 52.7 Å². The molecule has 1 N–H and O–H groups in total. The normalized spacial score (nSPS) is 12.8. The van der Waals surface area contributed by atoms with E-state index < -0.39 is 0 Å². The van der Waals surface area contributed by atoms with Crippen LogP contribution in [0.25, 0.3) is 0 Å². The molecule has 0 radical (unpaired) electrons. The maximum atomic E-state index is 5.84. The molecule has 1 aromatic carbocycles. The highest BCUT2D eigenvalue weighted by Gasteiger charge is 2.04. The molecule has 1 rings (SSSR count). The van der Waals surface area contributed by atoms with Crippen LogP contribution in [-0.2, 0) is 6.42 Å². The predicted octanol–water partition coefficient (Wildman–Crippen LogP) is 3.40. The molecule has 0 spiro atoms. The van der Waals surface area contributed by atoms with E-state index in [0.717, 1.165) is 18.7 Å². The van der Waals surface area contributed by atoms with E-state index >= 15 is 0 Å². The standard InChI is InChI=1S/C15H25NO/c1-5-6-14-7-9-15(10-8-14)17-13(4)11-16-12(2)3/h7-10,12-13,16H,5-6,11H2,1-4H3. The summed E-state index contributed by atoms with van der Waals surface area (Å²) < 4.78 is 5.84. The summed E-state index contributed by atoms with van der Waals surface area (Å²) in [5.74, 6) is 0.961. The van der Waals surface area contributed by atoms with Crippen LogP contribution >= 0.6 is 0 Å². The van der Waals surface area contributed by atoms with Gasteiger partial charge in [0, 0.05) is 12.6 Å². The van der Waals surface area contributed by atoms with Crippen LogP contribution in [0.4, 0.5) is 0 Å². The Hall–Kier alpha value is -1.02. The second-order valence-electron chi connectivity index (χ2n) is 4.89. The largest absolute Gasteiger partial charge is 0.489 e. The minimum Gasteiger partial charge on any atom is -0.489 e. The van der Waals surface area contributed by atoms with E-state index in [-0.39, 0.29) is 6.10 Å². The third-order valence-electron chi connectivity index (χ3n) is 2.61. The van der Waals surface area contributed by atoms with Crippen molar-refractivity contribution in [3.8, 4) is 5.75 Å². The zero-order chi connectivity index (χ0) is 12.7. The van der Waals surface area contributed by atoms with Gasteiger partial charge in [-0.15, -0.1) is 0 Å². The second-order valence-corrected chi connectivity index (χ2v) is 4.89. The first-order chi connectivity index (χ1) is 8.11. The van der Waals surface area contributed by atoms with Gasteiger partial charge in [-0.05, 0) is 31.0 Å². The molecule has 2 heteroatoms. The molecule has 0 amide bonds. The summed E-state index contributed by atoms with van der Waals surface area (Å²) in [6.07, 6.45) is 2.54. The molecule has 96 valence electrons. The Morgan fingerprint density at radius 1 is 1.12 bits per heavy atom. The maximum absolute atomic E-state index is 5.84. The Kier molecular flexibility index (Phi) is 6.06. The van der Waals surface area contributed by atoms with Crippen molar-refractivity contribution in [3.63, 3.8) is 0 Å². The number of rotatable bonds is 7. The molecule has 2 nitrogen and oxygen atoms in total. The Bertz CT molecular complexity index is 305. The Balaban J connectivity index is 2.40. The van der Waals surface area contributed by atoms with Gasteiger partial charge in [0.25, 0.3) is 0 Å². The lowest BCUT2D eigenvalue weighted by Crippen LogP contribution is -2.33. The van der Waals surface area contributed by atoms with Crippen LogP contribution in [-0.4, -0.2) is 18.7 Å². The minimum absolute atomic E-state index is 0.203. The summed E-state index contributed by atoms with van der Waals surface area (Å²) in [5.41, 5.74) is 1.38. The van der Waals surface area contributed by atoms with Crippen molar-refractivity contribution >= 4 is 0 Å². The average Bonchev–Trinajstić information content (AvgIpc) is 2.29. The highest BCUT2D eigenvalue weighted by molar-refractivity contribution is 5.27. The van der Waals surface area contributed by atoms with Crippen molar-refractivity contribution in [3.05, 3.63) is 29.8 Å². The molecule has 0 saturated heterocycles. The summed E-state index contributed by atoms with van der Waals surface area (Å²) in [7, 11) is 0. The van der Waals surface area contributed by atoms with Crippen LogP contribution in [0.15, 0.2) is 24.3 Å². The van der Waals surface area contributed by atoms with Crippen LogP contribution in [0.3, 0.4) is 0 Å². The smallest absolute Gasteiger partial charge is 0.119 e. The molecule has 0 saturated carbocycles. The first-order valence-corrected chi connectivity index (χ1v) is 6.60. The van der Waals surface area contributed by atoms with E-state index in [4.69, 9.17) is 4.74 Å². The number of ether oxygens (including phenoxy) is 1. The van der Waals surface area contributed by atoms with E-state index in [1.54, 1.807) is 0 Å². The van der Waals surface area contributed by atoms with E-state index in [2.05, 4.69) is 57.3 Å². The molecule has 0 aliphatic heterocycles. The van der Waals surface area contributed by atoms with Gasteiger partial charge in [0.2, 0.25) is 0 Å². The molecule has 0 aliphatic rings. The quantitative estimate of drug-likeness (QED) is 0.782. The highest BCUT2D eigenvalue weighted by Crippen LogP contribution is 2.14. The third-order valence-corrected chi connectivity index (χ3v) is 2.61. The van der Waals surface area contributed by atoms with Gasteiger partial charge in [0.1, 0.15) is 11.9 Å². The fraction of sp³-hybridized carbons (Fsp3) is 0.600. The van der Waals surface area contributed by atoms with Gasteiger partial charge < -0.3 is 10.1 Å². The number of hydrogen-bond donors (Lipinski definition) is 1. The third kappa shape index (κ3) is 5.73. The van der Waals surface area contributed by atoms with Gasteiger partial charge in [0.05, 0.1) is 0 Å². The Labute approximate surface area is 105 Å². The van der Waals surface area contributed by atoms with Crippen LogP contribution in [0.5, 0.6) is 5.75 Å². The number of benzene rings is 1. The topological polar surface area (TPSA) is 21.3 Å². The summed E-state index contributed by atoms with van der Waals surface area (Å²) in [6.45, 7) is 9.46. The van der Waals surface area contributed by atoms with E-state index in [9.17, 15) is 0 Å². The number of aryl methyl sites for hydroxylation is 1. The van der Waals surface area contributed by atoms with Gasteiger partial charge in [-0.2, -0.15) is 0 Å². The first kappa shape index (κ1) is 14.0. The van der Waals surface area contributed by atoms with E-state index in [0.29, 0.717) is 6.04 Å². The summed E-state index contributed by atoms with van der Waals surface area (Å²) in [4.78, 5) is 0. The number of hydrogen-bond acceptors (Lipinski definition) is 2. The summed E-state index contributed by atoms with van der Waals surface area (Å²) in [6, 6.07) is 8.95. The lowest BCUT2D eigenvalue weighted by atomic mass is 10.1. The van der Waals surface area contributed by atoms with Crippen molar-refractivity contribution in [1.82, 2.24) is 5.32 Å². The van der Waals surface area contributed by atoms with Gasteiger partial charge in [-0.3, -0.25) is 0 Å². The molecule has 17 heavy (non-hydrogen) atoms. The lowest BCUT2D eigenvalue weighted by molar-refractivity contribution is 0.213. The maximum Gasteiger partial charge on any atom is 0.119 e. The molecule has 0 aromatic heterocycles.